The second kappa shape index (κ2) is 7.09. The SMILES string of the molecule is CC(=O)Nc1ccc(NS(C)(=O)=O)c(C(=O)N[C@H](C)C(=O)O)c1. The lowest BCUT2D eigenvalue weighted by Gasteiger charge is -2.14. The number of carbonyl (C=O) groups excluding carboxylic acids is 2. The zero-order valence-electron chi connectivity index (χ0n) is 12.7. The van der Waals surface area contributed by atoms with Crippen molar-refractivity contribution in [3.05, 3.63) is 23.8 Å². The van der Waals surface area contributed by atoms with Crippen LogP contribution >= 0.6 is 0 Å². The Labute approximate surface area is 133 Å². The molecule has 0 bridgehead atoms. The van der Waals surface area contributed by atoms with Crippen LogP contribution in [0.1, 0.15) is 24.2 Å². The minimum atomic E-state index is -3.65. The lowest BCUT2D eigenvalue weighted by molar-refractivity contribution is -0.138. The lowest BCUT2D eigenvalue weighted by Crippen LogP contribution is -2.38. The molecule has 0 aliphatic rings. The second-order valence-corrected chi connectivity index (χ2v) is 6.60. The number of hydrogen-bond donors (Lipinski definition) is 4. The van der Waals surface area contributed by atoms with E-state index in [0.717, 1.165) is 6.26 Å². The fraction of sp³-hybridized carbons (Fsp3) is 0.308. The highest BCUT2D eigenvalue weighted by Crippen LogP contribution is 2.22. The number of nitrogens with one attached hydrogen (secondary N) is 3. The molecule has 1 rings (SSSR count). The summed E-state index contributed by atoms with van der Waals surface area (Å²) < 4.78 is 24.9. The van der Waals surface area contributed by atoms with Crippen LogP contribution in [0.2, 0.25) is 0 Å². The summed E-state index contributed by atoms with van der Waals surface area (Å²) in [6.45, 7) is 2.54. The van der Waals surface area contributed by atoms with E-state index in [0.29, 0.717) is 0 Å². The van der Waals surface area contributed by atoms with Gasteiger partial charge in [-0.15, -0.1) is 0 Å². The Hall–Kier alpha value is -2.62. The van der Waals surface area contributed by atoms with E-state index in [9.17, 15) is 22.8 Å². The average Bonchev–Trinajstić information content (AvgIpc) is 2.37. The summed E-state index contributed by atoms with van der Waals surface area (Å²) in [7, 11) is -3.65. The van der Waals surface area contributed by atoms with Gasteiger partial charge in [0.15, 0.2) is 0 Å². The summed E-state index contributed by atoms with van der Waals surface area (Å²) in [5.41, 5.74) is 0.121. The summed E-state index contributed by atoms with van der Waals surface area (Å²) in [6.07, 6.45) is 0.913. The van der Waals surface area contributed by atoms with Crippen molar-refractivity contribution in [1.82, 2.24) is 5.32 Å². The molecular formula is C13H17N3O6S. The van der Waals surface area contributed by atoms with Crippen LogP contribution in [0.4, 0.5) is 11.4 Å². The van der Waals surface area contributed by atoms with Gasteiger partial charge < -0.3 is 15.7 Å². The Morgan fingerprint density at radius 2 is 1.83 bits per heavy atom. The summed E-state index contributed by atoms with van der Waals surface area (Å²) in [4.78, 5) is 34.1. The van der Waals surface area contributed by atoms with Crippen LogP contribution in [0.15, 0.2) is 18.2 Å². The van der Waals surface area contributed by atoms with Crippen molar-refractivity contribution in [1.29, 1.82) is 0 Å². The molecule has 0 aliphatic heterocycles. The van der Waals surface area contributed by atoms with Crippen molar-refractivity contribution in [2.75, 3.05) is 16.3 Å². The molecule has 0 saturated heterocycles. The normalized spacial score (nSPS) is 12.1. The number of aliphatic carboxylic acids is 1. The maximum Gasteiger partial charge on any atom is 0.325 e. The maximum atomic E-state index is 12.2. The van der Waals surface area contributed by atoms with Gasteiger partial charge in [0.25, 0.3) is 5.91 Å². The first-order chi connectivity index (χ1) is 10.5. The molecule has 1 aromatic carbocycles. The molecule has 9 nitrogen and oxygen atoms in total. The molecule has 10 heteroatoms. The Bertz CT molecular complexity index is 744. The van der Waals surface area contributed by atoms with Gasteiger partial charge in [0.05, 0.1) is 17.5 Å². The van der Waals surface area contributed by atoms with E-state index in [1.54, 1.807) is 0 Å². The number of amides is 2. The van der Waals surface area contributed by atoms with Crippen LogP contribution in [0, 0.1) is 0 Å². The third-order valence-corrected chi connectivity index (χ3v) is 3.19. The molecule has 0 fully saturated rings. The van der Waals surface area contributed by atoms with Crippen LogP contribution in [0.5, 0.6) is 0 Å². The number of carbonyl (C=O) groups is 3. The van der Waals surface area contributed by atoms with Crippen molar-refractivity contribution >= 4 is 39.2 Å². The van der Waals surface area contributed by atoms with Gasteiger partial charge in [-0.3, -0.25) is 19.1 Å². The van der Waals surface area contributed by atoms with Crippen LogP contribution in [0.25, 0.3) is 0 Å². The Kier molecular flexibility index (Phi) is 5.68. The van der Waals surface area contributed by atoms with Crippen molar-refractivity contribution in [3.63, 3.8) is 0 Å². The van der Waals surface area contributed by atoms with Gasteiger partial charge in [-0.05, 0) is 25.1 Å². The van der Waals surface area contributed by atoms with Gasteiger partial charge in [-0.25, -0.2) is 8.42 Å². The first-order valence-corrected chi connectivity index (χ1v) is 8.32. The van der Waals surface area contributed by atoms with Crippen molar-refractivity contribution in [3.8, 4) is 0 Å². The maximum absolute atomic E-state index is 12.2. The predicted octanol–water partition coefficient (Wildman–Crippen LogP) is 0.219. The summed E-state index contributed by atoms with van der Waals surface area (Å²) in [5, 5.41) is 13.5. The van der Waals surface area contributed by atoms with Gasteiger partial charge in [-0.1, -0.05) is 0 Å². The molecular weight excluding hydrogens is 326 g/mol. The van der Waals surface area contributed by atoms with Gasteiger partial charge in [0.1, 0.15) is 6.04 Å². The number of carboxylic acid groups (broad SMARTS) is 1. The summed E-state index contributed by atoms with van der Waals surface area (Å²) in [5.74, 6) is -2.41. The zero-order valence-corrected chi connectivity index (χ0v) is 13.5. The van der Waals surface area contributed by atoms with E-state index in [2.05, 4.69) is 15.4 Å². The minimum absolute atomic E-state index is 0.0308. The van der Waals surface area contributed by atoms with Crippen molar-refractivity contribution in [2.24, 2.45) is 0 Å². The predicted molar refractivity (Wildman–Crippen MR) is 83.8 cm³/mol. The number of anilines is 2. The van der Waals surface area contributed by atoms with E-state index in [1.807, 2.05) is 0 Å². The molecule has 0 aliphatic carbocycles. The second-order valence-electron chi connectivity index (χ2n) is 4.85. The fourth-order valence-corrected chi connectivity index (χ4v) is 2.22. The van der Waals surface area contributed by atoms with E-state index in [-0.39, 0.29) is 22.8 Å². The standard InChI is InChI=1S/C13H17N3O6S/c1-7(13(19)20)14-12(18)10-6-9(15-8(2)17)4-5-11(10)16-23(3,21)22/h4-7,16H,1-3H3,(H,14,18)(H,15,17)(H,19,20)/t7-/m1/s1. The molecule has 0 aromatic heterocycles. The highest BCUT2D eigenvalue weighted by atomic mass is 32.2. The van der Waals surface area contributed by atoms with E-state index in [4.69, 9.17) is 5.11 Å². The molecule has 0 unspecified atom stereocenters. The van der Waals surface area contributed by atoms with Gasteiger partial charge in [0.2, 0.25) is 15.9 Å². The molecule has 0 spiro atoms. The fourth-order valence-electron chi connectivity index (χ4n) is 1.64. The molecule has 4 N–H and O–H groups in total. The third-order valence-electron chi connectivity index (χ3n) is 2.60. The number of carboxylic acids is 1. The topological polar surface area (TPSA) is 142 Å². The quantitative estimate of drug-likeness (QED) is 0.582. The van der Waals surface area contributed by atoms with Gasteiger partial charge in [-0.2, -0.15) is 0 Å². The smallest absolute Gasteiger partial charge is 0.325 e. The van der Waals surface area contributed by atoms with Crippen molar-refractivity contribution < 1.29 is 27.9 Å². The summed E-state index contributed by atoms with van der Waals surface area (Å²) >= 11 is 0. The van der Waals surface area contributed by atoms with Gasteiger partial charge in [0, 0.05) is 12.6 Å². The molecule has 0 heterocycles. The average molecular weight is 343 g/mol. The number of rotatable bonds is 6. The monoisotopic (exact) mass is 343 g/mol. The largest absolute Gasteiger partial charge is 0.480 e. The van der Waals surface area contributed by atoms with Crippen molar-refractivity contribution in [2.45, 2.75) is 19.9 Å². The van der Waals surface area contributed by atoms with Crippen LogP contribution in [-0.2, 0) is 19.6 Å². The Balaban J connectivity index is 3.23. The van der Waals surface area contributed by atoms with E-state index >= 15 is 0 Å². The number of benzene rings is 1. The van der Waals surface area contributed by atoms with Crippen LogP contribution < -0.4 is 15.4 Å². The molecule has 23 heavy (non-hydrogen) atoms. The number of hydrogen-bond acceptors (Lipinski definition) is 5. The molecule has 1 aromatic rings. The van der Waals surface area contributed by atoms with Crippen LogP contribution in [0.3, 0.4) is 0 Å². The molecule has 0 radical (unpaired) electrons. The minimum Gasteiger partial charge on any atom is -0.480 e. The highest BCUT2D eigenvalue weighted by Gasteiger charge is 2.20. The molecule has 126 valence electrons. The first-order valence-electron chi connectivity index (χ1n) is 6.42. The first kappa shape index (κ1) is 18.4. The molecule has 0 saturated carbocycles. The van der Waals surface area contributed by atoms with Crippen LogP contribution in [-0.4, -0.2) is 43.6 Å². The molecule has 1 atom stereocenters. The Morgan fingerprint density at radius 1 is 1.22 bits per heavy atom. The third kappa shape index (κ3) is 5.94. The lowest BCUT2D eigenvalue weighted by atomic mass is 10.1. The Morgan fingerprint density at radius 3 is 2.30 bits per heavy atom. The zero-order chi connectivity index (χ0) is 17.8. The van der Waals surface area contributed by atoms with E-state index < -0.39 is 27.9 Å². The molecule has 2 amide bonds. The van der Waals surface area contributed by atoms with Gasteiger partial charge >= 0.3 is 5.97 Å². The number of sulfonamides is 1. The summed E-state index contributed by atoms with van der Waals surface area (Å²) in [6, 6.07) is 2.79. The van der Waals surface area contributed by atoms with E-state index in [1.165, 1.54) is 32.0 Å². The highest BCUT2D eigenvalue weighted by molar-refractivity contribution is 7.92.